The van der Waals surface area contributed by atoms with Crippen molar-refractivity contribution in [3.63, 3.8) is 0 Å². The first-order chi connectivity index (χ1) is 8.26. The molecular weight excluding hydrogens is 325 g/mol. The third kappa shape index (κ3) is 6.38. The van der Waals surface area contributed by atoms with Gasteiger partial charge in [0.25, 0.3) is 0 Å². The van der Waals surface area contributed by atoms with Gasteiger partial charge in [-0.3, -0.25) is 0 Å². The zero-order valence-corrected chi connectivity index (χ0v) is 12.9. The summed E-state index contributed by atoms with van der Waals surface area (Å²) in [5, 5.41) is 3.36. The van der Waals surface area contributed by atoms with Gasteiger partial charge in [-0.05, 0) is 66.6 Å². The second-order valence-corrected chi connectivity index (χ2v) is 5.46. The first-order valence-electron chi connectivity index (χ1n) is 6.25. The van der Waals surface area contributed by atoms with Crippen LogP contribution in [0.1, 0.15) is 25.3 Å². The summed E-state index contributed by atoms with van der Waals surface area (Å²) in [5.41, 5.74) is 1.39. The fraction of sp³-hybridized carbons (Fsp3) is 0.571. The topological polar surface area (TPSA) is 21.3 Å². The molecule has 0 fully saturated rings. The molecule has 0 saturated carbocycles. The summed E-state index contributed by atoms with van der Waals surface area (Å²) >= 11 is 2.34. The zero-order valence-electron chi connectivity index (χ0n) is 10.7. The average molecular weight is 347 g/mol. The van der Waals surface area contributed by atoms with Crippen molar-refractivity contribution >= 4 is 22.6 Å². The molecule has 0 saturated heterocycles. The van der Waals surface area contributed by atoms with Crippen molar-refractivity contribution in [3.8, 4) is 0 Å². The highest BCUT2D eigenvalue weighted by Crippen LogP contribution is 2.10. The molecule has 3 heteroatoms. The van der Waals surface area contributed by atoms with Crippen LogP contribution < -0.4 is 5.32 Å². The Morgan fingerprint density at radius 2 is 1.94 bits per heavy atom. The molecular formula is C14H22INO. The molecule has 0 amide bonds. The lowest BCUT2D eigenvalue weighted by atomic mass is 10.0. The number of halogens is 1. The summed E-state index contributed by atoms with van der Waals surface area (Å²) in [6.45, 7) is 3.87. The predicted molar refractivity (Wildman–Crippen MR) is 81.4 cm³/mol. The zero-order chi connectivity index (χ0) is 12.5. The lowest BCUT2D eigenvalue weighted by Gasteiger charge is -2.16. The van der Waals surface area contributed by atoms with E-state index in [0.717, 1.165) is 32.5 Å². The minimum Gasteiger partial charge on any atom is -0.381 e. The lowest BCUT2D eigenvalue weighted by Crippen LogP contribution is -2.29. The van der Waals surface area contributed by atoms with E-state index in [1.165, 1.54) is 9.13 Å². The number of benzene rings is 1. The Morgan fingerprint density at radius 3 is 2.53 bits per heavy atom. The van der Waals surface area contributed by atoms with Crippen LogP contribution in [-0.2, 0) is 11.2 Å². The van der Waals surface area contributed by atoms with Gasteiger partial charge in [-0.25, -0.2) is 0 Å². The number of ether oxygens (including phenoxy) is 1. The van der Waals surface area contributed by atoms with E-state index in [2.05, 4.69) is 59.1 Å². The highest BCUT2D eigenvalue weighted by Gasteiger charge is 2.06. The molecule has 0 bridgehead atoms. The highest BCUT2D eigenvalue weighted by molar-refractivity contribution is 14.1. The van der Waals surface area contributed by atoms with Gasteiger partial charge in [0.05, 0.1) is 0 Å². The summed E-state index contributed by atoms with van der Waals surface area (Å²) in [6, 6.07) is 9.25. The summed E-state index contributed by atoms with van der Waals surface area (Å²) in [7, 11) is 2.02. The van der Waals surface area contributed by atoms with Crippen LogP contribution in [0.15, 0.2) is 24.3 Å². The third-order valence-electron chi connectivity index (χ3n) is 2.76. The number of hydrogen-bond donors (Lipinski definition) is 1. The van der Waals surface area contributed by atoms with Crippen molar-refractivity contribution in [2.75, 3.05) is 20.3 Å². The fourth-order valence-corrected chi connectivity index (χ4v) is 2.09. The SMILES string of the molecule is CCCOCCC(Cc1ccc(I)cc1)NC. The molecule has 2 nitrogen and oxygen atoms in total. The Morgan fingerprint density at radius 1 is 1.24 bits per heavy atom. The Hall–Kier alpha value is -0.130. The van der Waals surface area contributed by atoms with Crippen molar-refractivity contribution in [2.24, 2.45) is 0 Å². The largest absolute Gasteiger partial charge is 0.381 e. The average Bonchev–Trinajstić information content (AvgIpc) is 2.35. The summed E-state index contributed by atoms with van der Waals surface area (Å²) < 4.78 is 6.82. The van der Waals surface area contributed by atoms with Crippen molar-refractivity contribution in [3.05, 3.63) is 33.4 Å². The van der Waals surface area contributed by atoms with Gasteiger partial charge >= 0.3 is 0 Å². The van der Waals surface area contributed by atoms with Crippen molar-refractivity contribution in [1.29, 1.82) is 0 Å². The highest BCUT2D eigenvalue weighted by atomic mass is 127. The standard InChI is InChI=1S/C14H22INO/c1-3-9-17-10-8-14(16-2)11-12-4-6-13(15)7-5-12/h4-7,14,16H,3,8-11H2,1-2H3. The van der Waals surface area contributed by atoms with Gasteiger partial charge < -0.3 is 10.1 Å². The molecule has 0 aliphatic carbocycles. The monoisotopic (exact) mass is 347 g/mol. The summed E-state index contributed by atoms with van der Waals surface area (Å²) in [6.07, 6.45) is 3.24. The lowest BCUT2D eigenvalue weighted by molar-refractivity contribution is 0.125. The Kier molecular flexibility index (Phi) is 7.81. The second-order valence-electron chi connectivity index (χ2n) is 4.22. The van der Waals surface area contributed by atoms with E-state index in [1.807, 2.05) is 7.05 Å². The summed E-state index contributed by atoms with van der Waals surface area (Å²) in [4.78, 5) is 0. The van der Waals surface area contributed by atoms with E-state index in [4.69, 9.17) is 4.74 Å². The Labute approximate surface area is 118 Å². The van der Waals surface area contributed by atoms with Gasteiger partial charge in [-0.15, -0.1) is 0 Å². The van der Waals surface area contributed by atoms with E-state index < -0.39 is 0 Å². The van der Waals surface area contributed by atoms with Crippen LogP contribution in [0.3, 0.4) is 0 Å². The van der Waals surface area contributed by atoms with Gasteiger partial charge in [-0.2, -0.15) is 0 Å². The molecule has 96 valence electrons. The van der Waals surface area contributed by atoms with Gasteiger partial charge in [0, 0.05) is 22.8 Å². The van der Waals surface area contributed by atoms with Crippen LogP contribution in [0.5, 0.6) is 0 Å². The summed E-state index contributed by atoms with van der Waals surface area (Å²) in [5.74, 6) is 0. The van der Waals surface area contributed by atoms with E-state index in [0.29, 0.717) is 6.04 Å². The molecule has 1 aromatic rings. The van der Waals surface area contributed by atoms with E-state index >= 15 is 0 Å². The minimum atomic E-state index is 0.506. The van der Waals surface area contributed by atoms with E-state index in [1.54, 1.807) is 0 Å². The first kappa shape index (κ1) is 14.9. The molecule has 1 rings (SSSR count). The molecule has 0 aliphatic rings. The normalized spacial score (nSPS) is 12.6. The maximum Gasteiger partial charge on any atom is 0.0480 e. The number of rotatable bonds is 8. The molecule has 1 unspecified atom stereocenters. The molecule has 1 aromatic carbocycles. The van der Waals surface area contributed by atoms with Crippen LogP contribution in [-0.4, -0.2) is 26.3 Å². The molecule has 0 aliphatic heterocycles. The maximum atomic E-state index is 5.53. The van der Waals surface area contributed by atoms with Crippen LogP contribution >= 0.6 is 22.6 Å². The van der Waals surface area contributed by atoms with Crippen molar-refractivity contribution < 1.29 is 4.74 Å². The van der Waals surface area contributed by atoms with E-state index in [9.17, 15) is 0 Å². The van der Waals surface area contributed by atoms with Gasteiger partial charge in [-0.1, -0.05) is 19.1 Å². The van der Waals surface area contributed by atoms with Gasteiger partial charge in [0.2, 0.25) is 0 Å². The molecule has 1 atom stereocenters. The molecule has 1 N–H and O–H groups in total. The second kappa shape index (κ2) is 8.89. The van der Waals surface area contributed by atoms with Crippen molar-refractivity contribution in [1.82, 2.24) is 5.32 Å². The Bertz CT molecular complexity index is 300. The first-order valence-corrected chi connectivity index (χ1v) is 7.33. The number of nitrogens with one attached hydrogen (secondary N) is 1. The molecule has 0 aromatic heterocycles. The quantitative estimate of drug-likeness (QED) is 0.576. The fourth-order valence-electron chi connectivity index (χ4n) is 1.73. The number of likely N-dealkylation sites (N-methyl/N-ethyl adjacent to an activating group) is 1. The smallest absolute Gasteiger partial charge is 0.0480 e. The molecule has 0 heterocycles. The van der Waals surface area contributed by atoms with Crippen molar-refractivity contribution in [2.45, 2.75) is 32.2 Å². The Balaban J connectivity index is 2.33. The van der Waals surface area contributed by atoms with Crippen LogP contribution in [0.25, 0.3) is 0 Å². The maximum absolute atomic E-state index is 5.53. The third-order valence-corrected chi connectivity index (χ3v) is 3.48. The predicted octanol–water partition coefficient (Wildman–Crippen LogP) is 3.24. The molecule has 0 radical (unpaired) electrons. The molecule has 0 spiro atoms. The molecule has 17 heavy (non-hydrogen) atoms. The van der Waals surface area contributed by atoms with Gasteiger partial charge in [0.1, 0.15) is 0 Å². The van der Waals surface area contributed by atoms with Crippen LogP contribution in [0, 0.1) is 3.57 Å². The van der Waals surface area contributed by atoms with E-state index in [-0.39, 0.29) is 0 Å². The van der Waals surface area contributed by atoms with Crippen LogP contribution in [0.2, 0.25) is 0 Å². The minimum absolute atomic E-state index is 0.506. The van der Waals surface area contributed by atoms with Gasteiger partial charge in [0.15, 0.2) is 0 Å². The number of hydrogen-bond acceptors (Lipinski definition) is 2. The van der Waals surface area contributed by atoms with Crippen LogP contribution in [0.4, 0.5) is 0 Å².